The second-order valence-electron chi connectivity index (χ2n) is 6.31. The molecule has 20 heavy (non-hydrogen) atoms. The summed E-state index contributed by atoms with van der Waals surface area (Å²) in [4.78, 5) is 0. The van der Waals surface area contributed by atoms with Gasteiger partial charge in [0.15, 0.2) is 0 Å². The largest absolute Gasteiger partial charge is 1.00 e. The molecule has 0 fully saturated rings. The van der Waals surface area contributed by atoms with Crippen molar-refractivity contribution in [2.75, 3.05) is 32.6 Å². The van der Waals surface area contributed by atoms with Crippen molar-refractivity contribution in [2.24, 2.45) is 0 Å². The quantitative estimate of drug-likeness (QED) is 0.250. The first-order chi connectivity index (χ1) is 9.18. The summed E-state index contributed by atoms with van der Waals surface area (Å²) in [6, 6.07) is 0. The van der Waals surface area contributed by atoms with Crippen molar-refractivity contribution in [2.45, 2.75) is 78.1 Å². The number of hydrogen-bond acceptors (Lipinski definition) is 0. The van der Waals surface area contributed by atoms with E-state index < -0.39 is 0 Å². The smallest absolute Gasteiger partial charge is 0.0784 e. The van der Waals surface area contributed by atoms with E-state index in [4.69, 9.17) is 11.6 Å². The van der Waals surface area contributed by atoms with Crippen molar-refractivity contribution in [1.29, 1.82) is 0 Å². The number of alkyl halides is 1. The third-order valence-electron chi connectivity index (χ3n) is 4.18. The Bertz CT molecular complexity index is 178. The highest BCUT2D eigenvalue weighted by atomic mass is 79.9. The molecule has 0 aliphatic carbocycles. The molecule has 3 heteroatoms. The lowest BCUT2D eigenvalue weighted by Crippen LogP contribution is -3.00. The predicted octanol–water partition coefficient (Wildman–Crippen LogP) is 2.62. The summed E-state index contributed by atoms with van der Waals surface area (Å²) >= 11 is 5.81. The number of hydrogen-bond donors (Lipinski definition) is 0. The van der Waals surface area contributed by atoms with E-state index in [-0.39, 0.29) is 17.0 Å². The standard InChI is InChI=1S/C17H37ClN.BrH/c1-4-6-8-9-12-16-19(3,15-11-7-5-2)17-13-10-14-18;/h4-17H2,1-3H3;1H/q+1;/p-1. The highest BCUT2D eigenvalue weighted by Gasteiger charge is 2.19. The van der Waals surface area contributed by atoms with E-state index in [0.717, 1.165) is 5.88 Å². The van der Waals surface area contributed by atoms with Gasteiger partial charge in [-0.15, -0.1) is 11.6 Å². The molecule has 1 unspecified atom stereocenters. The first kappa shape index (κ1) is 23.0. The van der Waals surface area contributed by atoms with E-state index in [0.29, 0.717) is 0 Å². The Balaban J connectivity index is 0. The molecule has 0 aromatic rings. The SMILES string of the molecule is CCCCCCC[N+](C)(CCCCC)CCCCCl.[Br-]. The van der Waals surface area contributed by atoms with Crippen LogP contribution in [0.25, 0.3) is 0 Å². The average molecular weight is 371 g/mol. The maximum absolute atomic E-state index is 5.81. The van der Waals surface area contributed by atoms with Crippen LogP contribution in [0.15, 0.2) is 0 Å². The molecule has 0 heterocycles. The van der Waals surface area contributed by atoms with Crippen molar-refractivity contribution >= 4 is 11.6 Å². The minimum absolute atomic E-state index is 0. The minimum Gasteiger partial charge on any atom is -1.00 e. The maximum atomic E-state index is 5.81. The topological polar surface area (TPSA) is 0 Å². The van der Waals surface area contributed by atoms with Crippen LogP contribution in [-0.2, 0) is 0 Å². The van der Waals surface area contributed by atoms with Gasteiger partial charge in [0, 0.05) is 5.88 Å². The van der Waals surface area contributed by atoms with Crippen molar-refractivity contribution in [3.8, 4) is 0 Å². The van der Waals surface area contributed by atoms with Gasteiger partial charge in [-0.3, -0.25) is 0 Å². The van der Waals surface area contributed by atoms with Gasteiger partial charge < -0.3 is 21.5 Å². The van der Waals surface area contributed by atoms with Crippen molar-refractivity contribution < 1.29 is 21.5 Å². The zero-order valence-electron chi connectivity index (χ0n) is 14.1. The van der Waals surface area contributed by atoms with Crippen molar-refractivity contribution in [3.05, 3.63) is 0 Å². The molecule has 0 rings (SSSR count). The molecule has 0 spiro atoms. The summed E-state index contributed by atoms with van der Waals surface area (Å²) in [5, 5.41) is 0. The molecule has 0 aromatic carbocycles. The van der Waals surface area contributed by atoms with Gasteiger partial charge in [-0.2, -0.15) is 0 Å². The number of quaternary nitrogens is 1. The van der Waals surface area contributed by atoms with Crippen LogP contribution in [-0.4, -0.2) is 37.0 Å². The zero-order chi connectivity index (χ0) is 14.4. The molecule has 1 atom stereocenters. The molecule has 1 nitrogen and oxygen atoms in total. The van der Waals surface area contributed by atoms with Gasteiger partial charge in [0.2, 0.25) is 0 Å². The van der Waals surface area contributed by atoms with E-state index in [2.05, 4.69) is 20.9 Å². The Morgan fingerprint density at radius 3 is 1.55 bits per heavy atom. The molecule has 0 amide bonds. The molecule has 0 radical (unpaired) electrons. The molecule has 0 bridgehead atoms. The highest BCUT2D eigenvalue weighted by molar-refractivity contribution is 6.17. The maximum Gasteiger partial charge on any atom is 0.0784 e. The molecule has 0 saturated heterocycles. The first-order valence-electron chi connectivity index (χ1n) is 8.58. The van der Waals surface area contributed by atoms with Gasteiger partial charge in [0.25, 0.3) is 0 Å². The molecule has 0 saturated carbocycles. The Morgan fingerprint density at radius 1 is 0.650 bits per heavy atom. The summed E-state index contributed by atoms with van der Waals surface area (Å²) in [6.45, 7) is 8.64. The molecular weight excluding hydrogens is 334 g/mol. The Kier molecular flexibility index (Phi) is 18.5. The average Bonchev–Trinajstić information content (AvgIpc) is 2.39. The van der Waals surface area contributed by atoms with E-state index in [1.54, 1.807) is 0 Å². The van der Waals surface area contributed by atoms with Crippen LogP contribution in [0.3, 0.4) is 0 Å². The highest BCUT2D eigenvalue weighted by Crippen LogP contribution is 2.13. The van der Waals surface area contributed by atoms with E-state index in [1.807, 2.05) is 0 Å². The molecular formula is C17H37BrClN. The molecule has 0 aliphatic heterocycles. The Hall–Kier alpha value is 0.730. The lowest BCUT2D eigenvalue weighted by atomic mass is 10.1. The van der Waals surface area contributed by atoms with Gasteiger partial charge in [-0.05, 0) is 38.5 Å². The summed E-state index contributed by atoms with van der Waals surface area (Å²) in [5.74, 6) is 0.825. The molecule has 0 N–H and O–H groups in total. The van der Waals surface area contributed by atoms with E-state index in [1.165, 1.54) is 88.3 Å². The van der Waals surface area contributed by atoms with Crippen LogP contribution in [0, 0.1) is 0 Å². The van der Waals surface area contributed by atoms with Crippen molar-refractivity contribution in [3.63, 3.8) is 0 Å². The third kappa shape index (κ3) is 13.7. The number of halogens is 2. The second kappa shape index (κ2) is 16.1. The first-order valence-corrected chi connectivity index (χ1v) is 9.11. The van der Waals surface area contributed by atoms with Crippen LogP contribution < -0.4 is 17.0 Å². The lowest BCUT2D eigenvalue weighted by molar-refractivity contribution is -0.910. The van der Waals surface area contributed by atoms with Crippen LogP contribution in [0.2, 0.25) is 0 Å². The molecule has 124 valence electrons. The number of unbranched alkanes of at least 4 members (excludes halogenated alkanes) is 7. The van der Waals surface area contributed by atoms with Crippen LogP contribution in [0.4, 0.5) is 0 Å². The lowest BCUT2D eigenvalue weighted by Gasteiger charge is -2.35. The fourth-order valence-corrected chi connectivity index (χ4v) is 2.95. The van der Waals surface area contributed by atoms with Crippen LogP contribution in [0.5, 0.6) is 0 Å². The monoisotopic (exact) mass is 369 g/mol. The normalized spacial score (nSPS) is 13.8. The second-order valence-corrected chi connectivity index (χ2v) is 6.69. The van der Waals surface area contributed by atoms with Gasteiger partial charge in [0.05, 0.1) is 26.7 Å². The number of rotatable bonds is 14. The fourth-order valence-electron chi connectivity index (χ4n) is 2.76. The van der Waals surface area contributed by atoms with Crippen molar-refractivity contribution in [1.82, 2.24) is 0 Å². The summed E-state index contributed by atoms with van der Waals surface area (Å²) < 4.78 is 1.28. The molecule has 0 aliphatic rings. The van der Waals surface area contributed by atoms with E-state index >= 15 is 0 Å². The minimum atomic E-state index is 0. The van der Waals surface area contributed by atoms with Crippen LogP contribution >= 0.6 is 11.6 Å². The molecule has 0 aromatic heterocycles. The Morgan fingerprint density at radius 2 is 1.05 bits per heavy atom. The Labute approximate surface area is 143 Å². The van der Waals surface area contributed by atoms with Gasteiger partial charge >= 0.3 is 0 Å². The van der Waals surface area contributed by atoms with Gasteiger partial charge in [-0.25, -0.2) is 0 Å². The number of nitrogens with zero attached hydrogens (tertiary/aromatic N) is 1. The van der Waals surface area contributed by atoms with E-state index in [9.17, 15) is 0 Å². The third-order valence-corrected chi connectivity index (χ3v) is 4.45. The summed E-state index contributed by atoms with van der Waals surface area (Å²) in [6.07, 6.45) is 13.6. The summed E-state index contributed by atoms with van der Waals surface area (Å²) in [7, 11) is 2.46. The predicted molar refractivity (Wildman–Crippen MR) is 89.0 cm³/mol. The van der Waals surface area contributed by atoms with Crippen LogP contribution in [0.1, 0.15) is 78.1 Å². The summed E-state index contributed by atoms with van der Waals surface area (Å²) in [5.41, 5.74) is 0. The van der Waals surface area contributed by atoms with Gasteiger partial charge in [0.1, 0.15) is 0 Å². The zero-order valence-corrected chi connectivity index (χ0v) is 16.4. The fraction of sp³-hybridized carbons (Fsp3) is 1.00. The van der Waals surface area contributed by atoms with Gasteiger partial charge in [-0.1, -0.05) is 39.5 Å².